The van der Waals surface area contributed by atoms with Crippen LogP contribution in [0.5, 0.6) is 0 Å². The molecule has 0 aromatic carbocycles. The van der Waals surface area contributed by atoms with Crippen LogP contribution in [-0.4, -0.2) is 104 Å². The molecular formula is C55H77Br2N8NaO10. The molecule has 0 atom stereocenters. The van der Waals surface area contributed by atoms with Crippen LogP contribution in [0.3, 0.4) is 0 Å². The fourth-order valence-electron chi connectivity index (χ4n) is 4.96. The Bertz CT molecular complexity index is 2450. The molecule has 6 rings (SSSR count). The number of aromatic nitrogens is 6. The van der Waals surface area contributed by atoms with Gasteiger partial charge in [-0.1, -0.05) is 53.3 Å². The van der Waals surface area contributed by atoms with E-state index in [2.05, 4.69) is 88.6 Å². The third kappa shape index (κ3) is 47.6. The van der Waals surface area contributed by atoms with E-state index >= 15 is 0 Å². The Balaban J connectivity index is -0.000000188. The number of nitrogens with two attached hydrogens (primary N) is 2. The van der Waals surface area contributed by atoms with Crippen LogP contribution >= 0.6 is 31.9 Å². The molecule has 0 bridgehead atoms. The van der Waals surface area contributed by atoms with Gasteiger partial charge < -0.3 is 41.4 Å². The smallest absolute Gasteiger partial charge is 0.870 e. The number of nitrogens with zero attached hydrogens (tertiary/aromatic N) is 6. The van der Waals surface area contributed by atoms with E-state index in [-0.39, 0.29) is 68.2 Å². The number of carbonyl (C=O) groups excluding carboxylic acids is 3. The molecule has 6 aromatic rings. The number of esters is 3. The van der Waals surface area contributed by atoms with E-state index in [1.165, 1.54) is 33.0 Å². The number of carboxylic acids is 1. The molecule has 0 aliphatic carbocycles. The minimum atomic E-state index is -0.760. The van der Waals surface area contributed by atoms with E-state index in [0.29, 0.717) is 25.2 Å². The number of nitrogen functional groups attached to an aromatic ring is 1. The van der Waals surface area contributed by atoms with E-state index < -0.39 is 11.9 Å². The molecule has 0 fully saturated rings. The van der Waals surface area contributed by atoms with Gasteiger partial charge in [-0.05, 0) is 162 Å². The number of methoxy groups -OCH3 is 3. The Hall–Kier alpha value is -6.10. The second-order valence-electron chi connectivity index (χ2n) is 14.3. The molecule has 0 aliphatic heterocycles. The van der Waals surface area contributed by atoms with Crippen LogP contribution in [0.4, 0.5) is 5.82 Å². The largest absolute Gasteiger partial charge is 1.00 e. The van der Waals surface area contributed by atoms with Gasteiger partial charge in [0.25, 0.3) is 0 Å². The average Bonchev–Trinajstić information content (AvgIpc) is 3.36. The number of halogens is 2. The third-order valence-electron chi connectivity index (χ3n) is 8.29. The van der Waals surface area contributed by atoms with Gasteiger partial charge in [-0.3, -0.25) is 34.5 Å². The van der Waals surface area contributed by atoms with Crippen LogP contribution in [0, 0.1) is 34.6 Å². The zero-order chi connectivity index (χ0) is 54.7. The number of carbonyl (C=O) groups is 4. The van der Waals surface area contributed by atoms with Crippen LogP contribution in [0.15, 0.2) is 138 Å². The van der Waals surface area contributed by atoms with Crippen LogP contribution < -0.4 is 41.0 Å². The normalized spacial score (nSPS) is 8.80. The summed E-state index contributed by atoms with van der Waals surface area (Å²) in [6.45, 7) is 13.5. The van der Waals surface area contributed by atoms with E-state index in [1.807, 2.05) is 101 Å². The van der Waals surface area contributed by atoms with Crippen molar-refractivity contribution in [2.24, 2.45) is 5.73 Å². The van der Waals surface area contributed by atoms with Crippen molar-refractivity contribution in [2.75, 3.05) is 40.7 Å². The number of rotatable bonds is 11. The number of aliphatic hydroxyl groups is 1. The predicted molar refractivity (Wildman–Crippen MR) is 305 cm³/mol. The summed E-state index contributed by atoms with van der Waals surface area (Å²) < 4.78 is 15.2. The Morgan fingerprint density at radius 2 is 0.961 bits per heavy atom. The summed E-state index contributed by atoms with van der Waals surface area (Å²) in [7, 11) is 5.06. The molecule has 0 saturated carbocycles. The van der Waals surface area contributed by atoms with E-state index in [0.717, 1.165) is 80.1 Å². The summed E-state index contributed by atoms with van der Waals surface area (Å²) in [5.41, 5.74) is 20.0. The SMILES string of the molecule is C.C.C=CC(=O)OC.CO.COC(=O)/C=C/c1ccnc(C)c1.COC(=O)CCc1ccnc(C)c1.Cc1cc(Br)ccn1.Cc1cc(CCC(=O)O)ccn1.Cc1cc(CCN)ccn1.Nc1cc(Br)ccn1.[Na+].[OH-]. The summed E-state index contributed by atoms with van der Waals surface area (Å²) >= 11 is 6.56. The first-order valence-electron chi connectivity index (χ1n) is 21.9. The topological polar surface area (TPSA) is 296 Å². The minimum absolute atomic E-state index is 0. The maximum Gasteiger partial charge on any atom is 1.00 e. The number of aryl methyl sites for hydroxylation is 7. The van der Waals surface area contributed by atoms with Gasteiger partial charge in [-0.25, -0.2) is 14.6 Å². The van der Waals surface area contributed by atoms with Crippen LogP contribution in [-0.2, 0) is 52.7 Å². The molecule has 21 heteroatoms. The van der Waals surface area contributed by atoms with Crippen molar-refractivity contribution in [3.05, 3.63) is 188 Å². The number of hydrogen-bond donors (Lipinski definition) is 4. The Labute approximate surface area is 489 Å². The molecule has 7 N–H and O–H groups in total. The molecule has 0 saturated heterocycles. The molecule has 76 heavy (non-hydrogen) atoms. The van der Waals surface area contributed by atoms with Crippen molar-refractivity contribution in [1.82, 2.24) is 29.9 Å². The van der Waals surface area contributed by atoms with Crippen molar-refractivity contribution in [2.45, 2.75) is 81.6 Å². The van der Waals surface area contributed by atoms with Crippen molar-refractivity contribution < 1.29 is 78.6 Å². The van der Waals surface area contributed by atoms with Crippen LogP contribution in [0.1, 0.15) is 78.4 Å². The number of ether oxygens (including phenoxy) is 3. The summed E-state index contributed by atoms with van der Waals surface area (Å²) in [5, 5.41) is 15.4. The molecule has 0 amide bonds. The molecule has 412 valence electrons. The second kappa shape index (κ2) is 52.3. The number of aliphatic carboxylic acids is 1. The number of carboxylic acid groups (broad SMARTS) is 1. The summed E-state index contributed by atoms with van der Waals surface area (Å²) in [5.74, 6) is -1.14. The molecular weight excluding hydrogens is 1120 g/mol. The quantitative estimate of drug-likeness (QED) is 0.0439. The first-order chi connectivity index (χ1) is 34.3. The fraction of sp³-hybridized carbons (Fsp3) is 0.309. The zero-order valence-electron chi connectivity index (χ0n) is 43.9. The molecule has 0 unspecified atom stereocenters. The first-order valence-corrected chi connectivity index (χ1v) is 23.4. The van der Waals surface area contributed by atoms with Crippen molar-refractivity contribution >= 4 is 67.6 Å². The summed E-state index contributed by atoms with van der Waals surface area (Å²) in [4.78, 5) is 65.7. The molecule has 0 spiro atoms. The average molecular weight is 1190 g/mol. The second-order valence-corrected chi connectivity index (χ2v) is 16.1. The summed E-state index contributed by atoms with van der Waals surface area (Å²) in [6.07, 6.45) is 17.5. The standard InChI is InChI=1S/C10H13NO2.C10H11NO2.C9H11NO2.C8H12N2.C6H6BrN.C5H5BrN2.C4H6O2.CH4O.2CH4.Na.H2O/c2*1-8-7-9(5-6-11-8)3-4-10(12)13-2;1-7-6-8(4-5-10-7)2-3-9(11)12;1-7-6-8(2-4-9)3-5-10-7;1-5-4-6(7)2-3-8-5;6-4-1-2-8-5(7)3-4;1-3-4(5)6-2;1-2;;;;/h5-7H,3-4H2,1-2H3;3-7H,1-2H3;4-6H,2-3H2,1H3,(H,11,12);3,5-6H,2,4,9H2,1H3;2-4H,1H3;1-3H,(H2,7,8);3H,1H2,2H3;2H,1H3;2*1H4;;1H2/q;;;;;;;;;;+1;/p-1/b;4-3+;;;;;;;;;;. The van der Waals surface area contributed by atoms with Gasteiger partial charge in [0.15, 0.2) is 0 Å². The first kappa shape index (κ1) is 81.3. The van der Waals surface area contributed by atoms with Crippen molar-refractivity contribution in [3.8, 4) is 0 Å². The van der Waals surface area contributed by atoms with Gasteiger partial charge in [0.05, 0.1) is 21.3 Å². The van der Waals surface area contributed by atoms with E-state index in [9.17, 15) is 19.2 Å². The van der Waals surface area contributed by atoms with Crippen LogP contribution in [0.25, 0.3) is 6.08 Å². The predicted octanol–water partition coefficient (Wildman–Crippen LogP) is 7.00. The van der Waals surface area contributed by atoms with Gasteiger partial charge in [0, 0.05) is 107 Å². The number of anilines is 1. The maximum absolute atomic E-state index is 10.8. The summed E-state index contributed by atoms with van der Waals surface area (Å²) in [6, 6.07) is 22.9. The van der Waals surface area contributed by atoms with E-state index in [4.69, 9.17) is 21.7 Å². The monoisotopic (exact) mass is 1190 g/mol. The van der Waals surface area contributed by atoms with Gasteiger partial charge in [0.1, 0.15) is 5.82 Å². The van der Waals surface area contributed by atoms with E-state index in [1.54, 1.807) is 43.1 Å². The van der Waals surface area contributed by atoms with Crippen molar-refractivity contribution in [1.29, 1.82) is 0 Å². The zero-order valence-corrected chi connectivity index (χ0v) is 49.0. The van der Waals surface area contributed by atoms with Gasteiger partial charge in [-0.15, -0.1) is 0 Å². The molecule has 18 nitrogen and oxygen atoms in total. The van der Waals surface area contributed by atoms with Gasteiger partial charge in [-0.2, -0.15) is 0 Å². The number of pyridine rings is 6. The van der Waals surface area contributed by atoms with Gasteiger partial charge in [0.2, 0.25) is 0 Å². The molecule has 0 radical (unpaired) electrons. The third-order valence-corrected chi connectivity index (χ3v) is 9.28. The fourth-order valence-corrected chi connectivity index (χ4v) is 5.77. The minimum Gasteiger partial charge on any atom is -0.870 e. The van der Waals surface area contributed by atoms with Crippen molar-refractivity contribution in [3.63, 3.8) is 0 Å². The number of hydrogen-bond acceptors (Lipinski definition) is 17. The molecule has 6 heterocycles. The Morgan fingerprint density at radius 1 is 0.579 bits per heavy atom. The Kier molecular flexibility index (Phi) is 56.0. The molecule has 0 aliphatic rings. The number of aliphatic hydroxyl groups excluding tert-OH is 1. The van der Waals surface area contributed by atoms with Gasteiger partial charge >= 0.3 is 53.4 Å². The Morgan fingerprint density at radius 3 is 1.26 bits per heavy atom. The molecule has 6 aromatic heterocycles. The maximum atomic E-state index is 10.8. The van der Waals surface area contributed by atoms with Crippen LogP contribution in [0.2, 0.25) is 0 Å².